The standard InChI is InChI=1S/C24H21NO3/c1-17-6-4-8-19(24(17)26)15-27-21-9-5-10-22(14-21)28-16-20-13-12-18-7-2-3-11-23(18)25-20/h2-14,26H,15-16H2,1H3. The molecule has 0 atom stereocenters. The van der Waals surface area contributed by atoms with Gasteiger partial charge in [-0.25, -0.2) is 4.98 Å². The quantitative estimate of drug-likeness (QED) is 0.493. The van der Waals surface area contributed by atoms with E-state index < -0.39 is 0 Å². The third-order valence-electron chi connectivity index (χ3n) is 4.56. The van der Waals surface area contributed by atoms with Crippen molar-refractivity contribution in [1.82, 2.24) is 4.98 Å². The van der Waals surface area contributed by atoms with E-state index in [0.717, 1.165) is 27.7 Å². The second-order valence-corrected chi connectivity index (χ2v) is 6.63. The van der Waals surface area contributed by atoms with Gasteiger partial charge in [-0.05, 0) is 36.8 Å². The van der Waals surface area contributed by atoms with Crippen LogP contribution in [0.4, 0.5) is 0 Å². The van der Waals surface area contributed by atoms with Gasteiger partial charge in [-0.2, -0.15) is 0 Å². The van der Waals surface area contributed by atoms with E-state index >= 15 is 0 Å². The van der Waals surface area contributed by atoms with Crippen LogP contribution >= 0.6 is 0 Å². The molecule has 0 spiro atoms. The van der Waals surface area contributed by atoms with Crippen molar-refractivity contribution in [2.45, 2.75) is 20.1 Å². The normalized spacial score (nSPS) is 10.8. The number of aromatic nitrogens is 1. The second kappa shape index (κ2) is 8.01. The van der Waals surface area contributed by atoms with Gasteiger partial charge in [-0.1, -0.05) is 48.5 Å². The van der Waals surface area contributed by atoms with Crippen molar-refractivity contribution in [2.75, 3.05) is 0 Å². The lowest BCUT2D eigenvalue weighted by Crippen LogP contribution is -2.00. The molecule has 4 aromatic rings. The molecule has 4 rings (SSSR count). The highest BCUT2D eigenvalue weighted by Gasteiger charge is 2.06. The number of aryl methyl sites for hydroxylation is 1. The minimum absolute atomic E-state index is 0.275. The van der Waals surface area contributed by atoms with E-state index in [9.17, 15) is 5.11 Å². The minimum Gasteiger partial charge on any atom is -0.507 e. The first-order valence-corrected chi connectivity index (χ1v) is 9.17. The number of phenolic OH excluding ortho intramolecular Hbond substituents is 1. The van der Waals surface area contributed by atoms with Gasteiger partial charge in [0.05, 0.1) is 11.2 Å². The number of nitrogens with zero attached hydrogens (tertiary/aromatic N) is 1. The summed E-state index contributed by atoms with van der Waals surface area (Å²) in [6.45, 7) is 2.55. The Bertz CT molecular complexity index is 1110. The molecule has 0 saturated carbocycles. The summed E-state index contributed by atoms with van der Waals surface area (Å²) in [6, 6.07) is 25.2. The van der Waals surface area contributed by atoms with Crippen molar-refractivity contribution in [3.63, 3.8) is 0 Å². The van der Waals surface area contributed by atoms with Gasteiger partial charge >= 0.3 is 0 Å². The molecule has 0 aliphatic carbocycles. The number of hydrogen-bond donors (Lipinski definition) is 1. The number of fused-ring (bicyclic) bond motifs is 1. The zero-order valence-corrected chi connectivity index (χ0v) is 15.6. The lowest BCUT2D eigenvalue weighted by molar-refractivity contribution is 0.284. The molecule has 1 aromatic heterocycles. The Morgan fingerprint density at radius 3 is 2.39 bits per heavy atom. The smallest absolute Gasteiger partial charge is 0.130 e. The number of aromatic hydroxyl groups is 1. The maximum atomic E-state index is 10.1. The molecule has 140 valence electrons. The van der Waals surface area contributed by atoms with Crippen LogP contribution < -0.4 is 9.47 Å². The zero-order chi connectivity index (χ0) is 19.3. The SMILES string of the molecule is Cc1cccc(COc2cccc(OCc3ccc4ccccc4n3)c2)c1O. The highest BCUT2D eigenvalue weighted by molar-refractivity contribution is 5.78. The van der Waals surface area contributed by atoms with E-state index in [-0.39, 0.29) is 5.75 Å². The van der Waals surface area contributed by atoms with Gasteiger partial charge in [0.15, 0.2) is 0 Å². The molecule has 0 fully saturated rings. The van der Waals surface area contributed by atoms with Crippen LogP contribution in [0.3, 0.4) is 0 Å². The largest absolute Gasteiger partial charge is 0.507 e. The highest BCUT2D eigenvalue weighted by atomic mass is 16.5. The van der Waals surface area contributed by atoms with Crippen molar-refractivity contribution in [3.05, 3.63) is 95.7 Å². The van der Waals surface area contributed by atoms with Crippen LogP contribution in [0.2, 0.25) is 0 Å². The van der Waals surface area contributed by atoms with Gasteiger partial charge < -0.3 is 14.6 Å². The molecule has 28 heavy (non-hydrogen) atoms. The Kier molecular flexibility index (Phi) is 5.11. The van der Waals surface area contributed by atoms with Gasteiger partial charge in [0.1, 0.15) is 30.5 Å². The van der Waals surface area contributed by atoms with Crippen molar-refractivity contribution < 1.29 is 14.6 Å². The van der Waals surface area contributed by atoms with Crippen LogP contribution in [0.25, 0.3) is 10.9 Å². The summed E-state index contributed by atoms with van der Waals surface area (Å²) in [7, 11) is 0. The number of hydrogen-bond acceptors (Lipinski definition) is 4. The molecule has 0 amide bonds. The summed E-state index contributed by atoms with van der Waals surface area (Å²) >= 11 is 0. The molecule has 3 aromatic carbocycles. The summed E-state index contributed by atoms with van der Waals surface area (Å²) in [6.07, 6.45) is 0. The van der Waals surface area contributed by atoms with E-state index in [4.69, 9.17) is 9.47 Å². The summed E-state index contributed by atoms with van der Waals surface area (Å²) in [5, 5.41) is 11.2. The summed E-state index contributed by atoms with van der Waals surface area (Å²) < 4.78 is 11.7. The maximum absolute atomic E-state index is 10.1. The second-order valence-electron chi connectivity index (χ2n) is 6.63. The third-order valence-corrected chi connectivity index (χ3v) is 4.56. The maximum Gasteiger partial charge on any atom is 0.130 e. The molecule has 0 unspecified atom stereocenters. The topological polar surface area (TPSA) is 51.6 Å². The first kappa shape index (κ1) is 17.9. The molecule has 4 nitrogen and oxygen atoms in total. The minimum atomic E-state index is 0.275. The van der Waals surface area contributed by atoms with Crippen LogP contribution in [0.15, 0.2) is 78.9 Å². The number of phenols is 1. The molecule has 0 radical (unpaired) electrons. The fourth-order valence-electron chi connectivity index (χ4n) is 3.00. The summed E-state index contributed by atoms with van der Waals surface area (Å²) in [5.74, 6) is 1.67. The van der Waals surface area contributed by atoms with E-state index in [0.29, 0.717) is 24.7 Å². The summed E-state index contributed by atoms with van der Waals surface area (Å²) in [5.41, 5.74) is 3.42. The van der Waals surface area contributed by atoms with Gasteiger partial charge in [0, 0.05) is 17.0 Å². The van der Waals surface area contributed by atoms with Crippen LogP contribution in [-0.4, -0.2) is 10.1 Å². The molecular weight excluding hydrogens is 350 g/mol. The van der Waals surface area contributed by atoms with E-state index in [1.165, 1.54) is 0 Å². The Morgan fingerprint density at radius 1 is 0.786 bits per heavy atom. The third kappa shape index (κ3) is 4.07. The lowest BCUT2D eigenvalue weighted by atomic mass is 10.1. The van der Waals surface area contributed by atoms with Crippen molar-refractivity contribution in [1.29, 1.82) is 0 Å². The highest BCUT2D eigenvalue weighted by Crippen LogP contribution is 2.25. The van der Waals surface area contributed by atoms with Crippen LogP contribution in [0, 0.1) is 6.92 Å². The first-order valence-electron chi connectivity index (χ1n) is 9.17. The van der Waals surface area contributed by atoms with Crippen molar-refractivity contribution >= 4 is 10.9 Å². The molecule has 0 aliphatic heterocycles. The van der Waals surface area contributed by atoms with Crippen LogP contribution in [0.5, 0.6) is 17.2 Å². The molecule has 0 aliphatic rings. The number of para-hydroxylation sites is 2. The molecule has 0 bridgehead atoms. The first-order chi connectivity index (χ1) is 13.7. The number of ether oxygens (including phenoxy) is 2. The lowest BCUT2D eigenvalue weighted by Gasteiger charge is -2.11. The van der Waals surface area contributed by atoms with E-state index in [1.807, 2.05) is 79.7 Å². The van der Waals surface area contributed by atoms with Gasteiger partial charge in [-0.3, -0.25) is 0 Å². The monoisotopic (exact) mass is 371 g/mol. The van der Waals surface area contributed by atoms with Gasteiger partial charge in [-0.15, -0.1) is 0 Å². The van der Waals surface area contributed by atoms with E-state index in [2.05, 4.69) is 11.1 Å². The summed E-state index contributed by atoms with van der Waals surface area (Å²) in [4.78, 5) is 4.62. The Hall–Kier alpha value is -3.53. The molecular formula is C24H21NO3. The fourth-order valence-corrected chi connectivity index (χ4v) is 3.00. The van der Waals surface area contributed by atoms with Crippen molar-refractivity contribution in [2.24, 2.45) is 0 Å². The average molecular weight is 371 g/mol. The number of benzene rings is 3. The molecule has 0 saturated heterocycles. The van der Waals surface area contributed by atoms with Crippen molar-refractivity contribution in [3.8, 4) is 17.2 Å². The average Bonchev–Trinajstić information content (AvgIpc) is 2.73. The van der Waals surface area contributed by atoms with Crippen LogP contribution in [-0.2, 0) is 13.2 Å². The molecule has 4 heteroatoms. The van der Waals surface area contributed by atoms with Crippen LogP contribution in [0.1, 0.15) is 16.8 Å². The van der Waals surface area contributed by atoms with Gasteiger partial charge in [0.2, 0.25) is 0 Å². The molecule has 1 N–H and O–H groups in total. The molecule has 1 heterocycles. The Morgan fingerprint density at radius 2 is 1.54 bits per heavy atom. The predicted octanol–water partition coefficient (Wildman–Crippen LogP) is 5.41. The number of rotatable bonds is 6. The van der Waals surface area contributed by atoms with E-state index in [1.54, 1.807) is 0 Å². The fraction of sp³-hybridized carbons (Fsp3) is 0.125. The predicted molar refractivity (Wildman–Crippen MR) is 110 cm³/mol. The van der Waals surface area contributed by atoms with Gasteiger partial charge in [0.25, 0.3) is 0 Å². The zero-order valence-electron chi connectivity index (χ0n) is 15.6. The Labute approximate surface area is 164 Å². The Balaban J connectivity index is 1.41. The number of pyridine rings is 1.